The van der Waals surface area contributed by atoms with Gasteiger partial charge in [0.15, 0.2) is 0 Å². The second-order valence-corrected chi connectivity index (χ2v) is 5.16. The minimum atomic E-state index is -0.833. The molecule has 0 saturated carbocycles. The lowest BCUT2D eigenvalue weighted by atomic mass is 10.0. The summed E-state index contributed by atoms with van der Waals surface area (Å²) < 4.78 is 13.1. The average molecular weight is 251 g/mol. The highest BCUT2D eigenvalue weighted by molar-refractivity contribution is 5.73. The van der Waals surface area contributed by atoms with Crippen molar-refractivity contribution in [3.05, 3.63) is 35.1 Å². The number of nitrogens with one attached hydrogen (secondary N) is 1. The van der Waals surface area contributed by atoms with Gasteiger partial charge in [0.2, 0.25) is 0 Å². The summed E-state index contributed by atoms with van der Waals surface area (Å²) in [6.45, 7) is 3.76. The van der Waals surface area contributed by atoms with E-state index in [0.717, 1.165) is 24.0 Å². The summed E-state index contributed by atoms with van der Waals surface area (Å²) in [7, 11) is 0. The van der Waals surface area contributed by atoms with Crippen molar-refractivity contribution in [1.82, 2.24) is 5.32 Å². The molecule has 0 fully saturated rings. The Morgan fingerprint density at radius 2 is 2.22 bits per heavy atom. The first-order valence-electron chi connectivity index (χ1n) is 6.26. The van der Waals surface area contributed by atoms with E-state index in [-0.39, 0.29) is 17.8 Å². The molecule has 98 valence electrons. The summed E-state index contributed by atoms with van der Waals surface area (Å²) in [6, 6.07) is 4.19. The van der Waals surface area contributed by atoms with Gasteiger partial charge in [-0.1, -0.05) is 19.9 Å². The Morgan fingerprint density at radius 3 is 2.83 bits per heavy atom. The van der Waals surface area contributed by atoms with Crippen LogP contribution in [0.2, 0.25) is 0 Å². The van der Waals surface area contributed by atoms with Gasteiger partial charge in [-0.15, -0.1) is 0 Å². The number of rotatable bonds is 4. The number of fused-ring (bicyclic) bond motifs is 1. The van der Waals surface area contributed by atoms with Crippen molar-refractivity contribution in [2.24, 2.45) is 5.92 Å². The fourth-order valence-corrected chi connectivity index (χ4v) is 2.52. The molecule has 0 amide bonds. The zero-order valence-corrected chi connectivity index (χ0v) is 10.6. The molecule has 4 heteroatoms. The molecular weight excluding hydrogens is 233 g/mol. The second-order valence-electron chi connectivity index (χ2n) is 5.16. The first-order chi connectivity index (χ1) is 8.49. The maximum absolute atomic E-state index is 13.1. The molecule has 0 aliphatic heterocycles. The molecule has 2 N–H and O–H groups in total. The number of carboxylic acid groups (broad SMARTS) is 1. The average Bonchev–Trinajstić information content (AvgIpc) is 2.67. The molecule has 18 heavy (non-hydrogen) atoms. The maximum atomic E-state index is 13.1. The largest absolute Gasteiger partial charge is 0.480 e. The van der Waals surface area contributed by atoms with Crippen molar-refractivity contribution in [2.75, 3.05) is 0 Å². The number of carboxylic acids is 1. The Bertz CT molecular complexity index is 459. The van der Waals surface area contributed by atoms with Crippen LogP contribution >= 0.6 is 0 Å². The summed E-state index contributed by atoms with van der Waals surface area (Å²) in [5.74, 6) is -1.04. The number of hydrogen-bond donors (Lipinski definition) is 2. The van der Waals surface area contributed by atoms with E-state index in [4.69, 9.17) is 0 Å². The molecule has 0 heterocycles. The number of carbonyl (C=O) groups is 1. The lowest BCUT2D eigenvalue weighted by molar-refractivity contribution is -0.140. The molecular formula is C14H18FNO2. The van der Waals surface area contributed by atoms with E-state index >= 15 is 0 Å². The van der Waals surface area contributed by atoms with Crippen molar-refractivity contribution in [3.63, 3.8) is 0 Å². The van der Waals surface area contributed by atoms with Gasteiger partial charge in [-0.3, -0.25) is 10.1 Å². The Balaban J connectivity index is 2.16. The molecule has 0 aromatic heterocycles. The van der Waals surface area contributed by atoms with Gasteiger partial charge < -0.3 is 5.11 Å². The van der Waals surface area contributed by atoms with Crippen LogP contribution in [-0.2, 0) is 11.2 Å². The van der Waals surface area contributed by atoms with E-state index in [1.165, 1.54) is 6.07 Å². The molecule has 0 saturated heterocycles. The van der Waals surface area contributed by atoms with Crippen LogP contribution in [0.25, 0.3) is 0 Å². The topological polar surface area (TPSA) is 49.3 Å². The minimum Gasteiger partial charge on any atom is -0.480 e. The fraction of sp³-hybridized carbons (Fsp3) is 0.500. The highest BCUT2D eigenvalue weighted by Crippen LogP contribution is 2.32. The van der Waals surface area contributed by atoms with Gasteiger partial charge in [-0.25, -0.2) is 4.39 Å². The summed E-state index contributed by atoms with van der Waals surface area (Å²) in [4.78, 5) is 11.2. The van der Waals surface area contributed by atoms with Gasteiger partial charge in [-0.05, 0) is 42.0 Å². The summed E-state index contributed by atoms with van der Waals surface area (Å²) in [6.07, 6.45) is 1.63. The van der Waals surface area contributed by atoms with Gasteiger partial charge in [0, 0.05) is 6.04 Å². The molecule has 1 aliphatic rings. The predicted octanol–water partition coefficient (Wildman–Crippen LogP) is 2.51. The van der Waals surface area contributed by atoms with E-state index < -0.39 is 12.0 Å². The quantitative estimate of drug-likeness (QED) is 0.864. The number of aliphatic carboxylic acids is 1. The molecule has 0 spiro atoms. The highest BCUT2D eigenvalue weighted by atomic mass is 19.1. The summed E-state index contributed by atoms with van der Waals surface area (Å²) >= 11 is 0. The van der Waals surface area contributed by atoms with Crippen molar-refractivity contribution >= 4 is 5.97 Å². The third-order valence-electron chi connectivity index (χ3n) is 3.50. The van der Waals surface area contributed by atoms with Gasteiger partial charge in [0.25, 0.3) is 0 Å². The van der Waals surface area contributed by atoms with Crippen LogP contribution < -0.4 is 5.32 Å². The molecule has 2 atom stereocenters. The molecule has 1 aromatic carbocycles. The van der Waals surface area contributed by atoms with E-state index in [1.54, 1.807) is 12.1 Å². The lowest BCUT2D eigenvalue weighted by Crippen LogP contribution is -2.42. The second kappa shape index (κ2) is 5.06. The van der Waals surface area contributed by atoms with Crippen molar-refractivity contribution in [3.8, 4) is 0 Å². The number of hydrogen-bond acceptors (Lipinski definition) is 2. The Labute approximate surface area is 106 Å². The summed E-state index contributed by atoms with van der Waals surface area (Å²) in [5.41, 5.74) is 2.02. The van der Waals surface area contributed by atoms with Crippen LogP contribution in [-0.4, -0.2) is 17.1 Å². The van der Waals surface area contributed by atoms with Gasteiger partial charge in [0.05, 0.1) is 0 Å². The Kier molecular flexibility index (Phi) is 3.66. The van der Waals surface area contributed by atoms with Gasteiger partial charge >= 0.3 is 5.97 Å². The molecule has 1 aliphatic carbocycles. The third-order valence-corrected chi connectivity index (χ3v) is 3.50. The number of aryl methyl sites for hydroxylation is 1. The molecule has 2 unspecified atom stereocenters. The SMILES string of the molecule is CC(C)C(NC1CCc2cc(F)ccc21)C(=O)O. The minimum absolute atomic E-state index is 0.0177. The van der Waals surface area contributed by atoms with Crippen LogP contribution in [0.3, 0.4) is 0 Å². The van der Waals surface area contributed by atoms with E-state index in [0.29, 0.717) is 0 Å². The molecule has 1 aromatic rings. The fourth-order valence-electron chi connectivity index (χ4n) is 2.52. The standard InChI is InChI=1S/C14H18FNO2/c1-8(2)13(14(17)18)16-12-6-3-9-7-10(15)4-5-11(9)12/h4-5,7-8,12-13,16H,3,6H2,1-2H3,(H,17,18). The summed E-state index contributed by atoms with van der Waals surface area (Å²) in [5, 5.41) is 12.3. The lowest BCUT2D eigenvalue weighted by Gasteiger charge is -2.23. The van der Waals surface area contributed by atoms with Gasteiger partial charge in [-0.2, -0.15) is 0 Å². The van der Waals surface area contributed by atoms with E-state index in [9.17, 15) is 14.3 Å². The van der Waals surface area contributed by atoms with Gasteiger partial charge in [0.1, 0.15) is 11.9 Å². The normalized spacial score (nSPS) is 19.9. The number of benzene rings is 1. The van der Waals surface area contributed by atoms with E-state index in [2.05, 4.69) is 5.32 Å². The van der Waals surface area contributed by atoms with Crippen LogP contribution in [0.1, 0.15) is 37.4 Å². The van der Waals surface area contributed by atoms with Crippen LogP contribution in [0.5, 0.6) is 0 Å². The zero-order chi connectivity index (χ0) is 13.3. The third kappa shape index (κ3) is 2.53. The first kappa shape index (κ1) is 13.0. The predicted molar refractivity (Wildman–Crippen MR) is 66.9 cm³/mol. The van der Waals surface area contributed by atoms with Crippen molar-refractivity contribution < 1.29 is 14.3 Å². The first-order valence-corrected chi connectivity index (χ1v) is 6.26. The molecule has 3 nitrogen and oxygen atoms in total. The zero-order valence-electron chi connectivity index (χ0n) is 10.6. The Hall–Kier alpha value is -1.42. The van der Waals surface area contributed by atoms with Crippen LogP contribution in [0, 0.1) is 11.7 Å². The number of halogens is 1. The maximum Gasteiger partial charge on any atom is 0.320 e. The molecule has 0 radical (unpaired) electrons. The van der Waals surface area contributed by atoms with Crippen molar-refractivity contribution in [2.45, 2.75) is 38.8 Å². The van der Waals surface area contributed by atoms with Crippen molar-refractivity contribution in [1.29, 1.82) is 0 Å². The van der Waals surface area contributed by atoms with E-state index in [1.807, 2.05) is 13.8 Å². The van der Waals surface area contributed by atoms with Crippen LogP contribution in [0.15, 0.2) is 18.2 Å². The van der Waals surface area contributed by atoms with Crippen LogP contribution in [0.4, 0.5) is 4.39 Å². The molecule has 2 rings (SSSR count). The Morgan fingerprint density at radius 1 is 1.50 bits per heavy atom. The smallest absolute Gasteiger partial charge is 0.320 e. The molecule has 0 bridgehead atoms. The highest BCUT2D eigenvalue weighted by Gasteiger charge is 2.29. The monoisotopic (exact) mass is 251 g/mol.